The van der Waals surface area contributed by atoms with Gasteiger partial charge in [0, 0.05) is 23.4 Å². The maximum absolute atomic E-state index is 11.8. The van der Waals surface area contributed by atoms with Gasteiger partial charge in [0.15, 0.2) is 0 Å². The zero-order valence-electron chi connectivity index (χ0n) is 10.3. The molecule has 0 aliphatic heterocycles. The lowest BCUT2D eigenvalue weighted by Crippen LogP contribution is -2.28. The second-order valence-electron chi connectivity index (χ2n) is 3.86. The summed E-state index contributed by atoms with van der Waals surface area (Å²) in [7, 11) is 1.66. The second kappa shape index (κ2) is 6.13. The van der Waals surface area contributed by atoms with Crippen molar-refractivity contribution in [2.24, 2.45) is 0 Å². The lowest BCUT2D eigenvalue weighted by molar-refractivity contribution is 0.0841. The van der Waals surface area contributed by atoms with Crippen LogP contribution in [0.15, 0.2) is 29.6 Å². The Morgan fingerprint density at radius 2 is 2.28 bits per heavy atom. The van der Waals surface area contributed by atoms with Gasteiger partial charge in [-0.25, -0.2) is 0 Å². The highest BCUT2D eigenvalue weighted by molar-refractivity contribution is 7.12. The molecule has 18 heavy (non-hydrogen) atoms. The van der Waals surface area contributed by atoms with E-state index in [1.807, 2.05) is 23.6 Å². The Morgan fingerprint density at radius 3 is 2.83 bits per heavy atom. The van der Waals surface area contributed by atoms with Gasteiger partial charge in [-0.3, -0.25) is 4.79 Å². The zero-order chi connectivity index (χ0) is 13.0. The van der Waals surface area contributed by atoms with E-state index in [-0.39, 0.29) is 12.0 Å². The Kier molecular flexibility index (Phi) is 4.52. The van der Waals surface area contributed by atoms with Gasteiger partial charge in [-0.15, -0.1) is 22.7 Å². The number of nitrogens with one attached hydrogen (secondary N) is 1. The van der Waals surface area contributed by atoms with Gasteiger partial charge >= 0.3 is 0 Å². The summed E-state index contributed by atoms with van der Waals surface area (Å²) in [5, 5.41) is 4.79. The maximum Gasteiger partial charge on any atom is 0.261 e. The molecule has 0 saturated carbocycles. The molecule has 1 N–H and O–H groups in total. The van der Waals surface area contributed by atoms with Gasteiger partial charge in [-0.05, 0) is 30.5 Å². The topological polar surface area (TPSA) is 38.3 Å². The number of ether oxygens (including phenoxy) is 1. The molecule has 1 unspecified atom stereocenters. The van der Waals surface area contributed by atoms with E-state index in [1.54, 1.807) is 18.4 Å². The van der Waals surface area contributed by atoms with Crippen molar-refractivity contribution >= 4 is 28.6 Å². The van der Waals surface area contributed by atoms with E-state index in [0.717, 1.165) is 9.75 Å². The standard InChI is InChI=1S/C13H15NO2S2/c1-9-5-6-11(18-9)10(16-2)8-14-13(15)12-4-3-7-17-12/h3-7,10H,8H2,1-2H3,(H,14,15). The Hall–Kier alpha value is -1.17. The molecule has 0 aliphatic carbocycles. The summed E-state index contributed by atoms with van der Waals surface area (Å²) in [5.74, 6) is -0.0414. The Balaban J connectivity index is 1.94. The summed E-state index contributed by atoms with van der Waals surface area (Å²) in [6.45, 7) is 2.55. The van der Waals surface area contributed by atoms with Crippen LogP contribution < -0.4 is 5.32 Å². The third-order valence-corrected chi connectivity index (χ3v) is 4.52. The van der Waals surface area contributed by atoms with E-state index in [1.165, 1.54) is 16.2 Å². The molecule has 0 aromatic carbocycles. The minimum atomic E-state index is -0.0763. The van der Waals surface area contributed by atoms with E-state index in [2.05, 4.69) is 18.3 Å². The highest BCUT2D eigenvalue weighted by Crippen LogP contribution is 2.24. The molecule has 1 atom stereocenters. The van der Waals surface area contributed by atoms with Crippen molar-refractivity contribution < 1.29 is 9.53 Å². The molecule has 0 spiro atoms. The fourth-order valence-electron chi connectivity index (χ4n) is 1.61. The van der Waals surface area contributed by atoms with Crippen LogP contribution in [0, 0.1) is 6.92 Å². The van der Waals surface area contributed by atoms with E-state index >= 15 is 0 Å². The highest BCUT2D eigenvalue weighted by Gasteiger charge is 2.14. The van der Waals surface area contributed by atoms with Crippen LogP contribution >= 0.6 is 22.7 Å². The molecule has 96 valence electrons. The van der Waals surface area contributed by atoms with E-state index in [4.69, 9.17) is 4.74 Å². The fraction of sp³-hybridized carbons (Fsp3) is 0.308. The first kappa shape index (κ1) is 13.3. The third-order valence-electron chi connectivity index (χ3n) is 2.56. The van der Waals surface area contributed by atoms with E-state index < -0.39 is 0 Å². The lowest BCUT2D eigenvalue weighted by atomic mass is 10.3. The number of carbonyl (C=O) groups is 1. The first-order valence-corrected chi connectivity index (χ1v) is 7.31. The van der Waals surface area contributed by atoms with E-state index in [0.29, 0.717) is 6.54 Å². The van der Waals surface area contributed by atoms with Crippen LogP contribution in [0.25, 0.3) is 0 Å². The van der Waals surface area contributed by atoms with Crippen molar-refractivity contribution in [3.8, 4) is 0 Å². The predicted molar refractivity (Wildman–Crippen MR) is 75.5 cm³/mol. The van der Waals surface area contributed by atoms with Gasteiger partial charge in [0.05, 0.1) is 4.88 Å². The summed E-state index contributed by atoms with van der Waals surface area (Å²) in [6.07, 6.45) is -0.0763. The number of carbonyl (C=O) groups excluding carboxylic acids is 1. The SMILES string of the molecule is COC(CNC(=O)c1cccs1)c1ccc(C)s1. The number of aryl methyl sites for hydroxylation is 1. The van der Waals surface area contributed by atoms with Crippen LogP contribution in [-0.2, 0) is 4.74 Å². The molecule has 0 radical (unpaired) electrons. The quantitative estimate of drug-likeness (QED) is 0.913. The van der Waals surface area contributed by atoms with Crippen LogP contribution in [0.1, 0.15) is 25.5 Å². The van der Waals surface area contributed by atoms with Gasteiger partial charge in [-0.2, -0.15) is 0 Å². The summed E-state index contributed by atoms with van der Waals surface area (Å²) >= 11 is 3.14. The molecule has 2 aromatic rings. The number of hydrogen-bond donors (Lipinski definition) is 1. The van der Waals surface area contributed by atoms with Crippen molar-refractivity contribution in [3.63, 3.8) is 0 Å². The number of methoxy groups -OCH3 is 1. The summed E-state index contributed by atoms with van der Waals surface area (Å²) in [6, 6.07) is 7.80. The minimum absolute atomic E-state index is 0.0414. The van der Waals surface area contributed by atoms with Gasteiger partial charge in [0.25, 0.3) is 5.91 Å². The number of hydrogen-bond acceptors (Lipinski definition) is 4. The average molecular weight is 281 g/mol. The Bertz CT molecular complexity index is 505. The highest BCUT2D eigenvalue weighted by atomic mass is 32.1. The minimum Gasteiger partial charge on any atom is -0.374 e. The van der Waals surface area contributed by atoms with Gasteiger partial charge in [-0.1, -0.05) is 6.07 Å². The van der Waals surface area contributed by atoms with Crippen LogP contribution in [0.3, 0.4) is 0 Å². The molecule has 0 bridgehead atoms. The molecule has 0 aliphatic rings. The molecule has 5 heteroatoms. The average Bonchev–Trinajstić information content (AvgIpc) is 3.01. The van der Waals surface area contributed by atoms with Gasteiger partial charge in [0.1, 0.15) is 6.10 Å². The van der Waals surface area contributed by atoms with Crippen LogP contribution in [0.2, 0.25) is 0 Å². The van der Waals surface area contributed by atoms with E-state index in [9.17, 15) is 4.79 Å². The Labute approximate surface area is 114 Å². The molecule has 0 saturated heterocycles. The van der Waals surface area contributed by atoms with Crippen LogP contribution in [0.5, 0.6) is 0 Å². The molecule has 0 fully saturated rings. The molecule has 2 rings (SSSR count). The van der Waals surface area contributed by atoms with Gasteiger partial charge in [0.2, 0.25) is 0 Å². The van der Waals surface area contributed by atoms with Crippen molar-refractivity contribution in [1.29, 1.82) is 0 Å². The second-order valence-corrected chi connectivity index (χ2v) is 6.13. The zero-order valence-corrected chi connectivity index (χ0v) is 11.9. The van der Waals surface area contributed by atoms with Crippen molar-refractivity contribution in [2.45, 2.75) is 13.0 Å². The van der Waals surface area contributed by atoms with Crippen LogP contribution in [-0.4, -0.2) is 19.6 Å². The Morgan fingerprint density at radius 1 is 1.44 bits per heavy atom. The normalized spacial score (nSPS) is 12.3. The van der Waals surface area contributed by atoms with Crippen molar-refractivity contribution in [1.82, 2.24) is 5.32 Å². The number of thiophene rings is 2. The fourth-order valence-corrected chi connectivity index (χ4v) is 3.20. The number of rotatable bonds is 5. The van der Waals surface area contributed by atoms with Gasteiger partial charge < -0.3 is 10.1 Å². The molecule has 2 heterocycles. The molecule has 2 aromatic heterocycles. The third kappa shape index (κ3) is 3.19. The smallest absolute Gasteiger partial charge is 0.261 e. The molecule has 1 amide bonds. The molecular formula is C13H15NO2S2. The van der Waals surface area contributed by atoms with Crippen molar-refractivity contribution in [3.05, 3.63) is 44.3 Å². The summed E-state index contributed by atoms with van der Waals surface area (Å²) < 4.78 is 5.42. The monoisotopic (exact) mass is 281 g/mol. The first-order valence-electron chi connectivity index (χ1n) is 5.61. The molecular weight excluding hydrogens is 266 g/mol. The van der Waals surface area contributed by atoms with Crippen molar-refractivity contribution in [2.75, 3.05) is 13.7 Å². The summed E-state index contributed by atoms with van der Waals surface area (Å²) in [5.41, 5.74) is 0. The number of amides is 1. The first-order chi connectivity index (χ1) is 8.70. The lowest BCUT2D eigenvalue weighted by Gasteiger charge is -2.14. The summed E-state index contributed by atoms with van der Waals surface area (Å²) in [4.78, 5) is 14.9. The maximum atomic E-state index is 11.8. The van der Waals surface area contributed by atoms with Crippen LogP contribution in [0.4, 0.5) is 0 Å². The predicted octanol–water partition coefficient (Wildman–Crippen LogP) is 3.24. The largest absolute Gasteiger partial charge is 0.374 e. The molecule has 3 nitrogen and oxygen atoms in total.